The molecule has 8 amide bonds. The summed E-state index contributed by atoms with van der Waals surface area (Å²) in [6.45, 7) is -5.60. The van der Waals surface area contributed by atoms with E-state index in [0.717, 1.165) is 19.6 Å². The minimum atomic E-state index is -1.87. The Kier molecular flexibility index (Phi) is 56.9. The van der Waals surface area contributed by atoms with Gasteiger partial charge in [-0.2, -0.15) is 0 Å². The molecule has 800 valence electrons. The number of aliphatic carboxylic acids is 12. The van der Waals surface area contributed by atoms with Gasteiger partial charge in [-0.15, -0.1) is 0 Å². The van der Waals surface area contributed by atoms with Gasteiger partial charge in [0.2, 0.25) is 47.3 Å². The van der Waals surface area contributed by atoms with Crippen molar-refractivity contribution in [3.63, 3.8) is 0 Å². The summed E-state index contributed by atoms with van der Waals surface area (Å²) in [6.07, 6.45) is 0. The Labute approximate surface area is 818 Å². The summed E-state index contributed by atoms with van der Waals surface area (Å²) in [4.78, 5) is 293. The van der Waals surface area contributed by atoms with Gasteiger partial charge in [-0.1, -0.05) is 0 Å². The number of rotatable bonds is 52. The number of hydrogen-bond acceptors (Lipinski definition) is 36. The maximum absolute atomic E-state index is 14.9. The Balaban J connectivity index is 1.88. The fourth-order valence-electron chi connectivity index (χ4n) is 16.2. The second-order valence-corrected chi connectivity index (χ2v) is 35.4. The molecule has 0 aromatic heterocycles. The van der Waals surface area contributed by atoms with Gasteiger partial charge in [-0.05, 0) is 27.7 Å². The van der Waals surface area contributed by atoms with E-state index in [-0.39, 0.29) is 236 Å². The molecule has 0 atom stereocenters. The minimum absolute atomic E-state index is 0.0114. The molecule has 4 aliphatic rings. The van der Waals surface area contributed by atoms with Gasteiger partial charge in [0, 0.05) is 267 Å². The zero-order valence-electron chi connectivity index (χ0n) is 81.4. The van der Waals surface area contributed by atoms with Crippen molar-refractivity contribution in [2.24, 2.45) is 5.41 Å². The van der Waals surface area contributed by atoms with Gasteiger partial charge in [-0.25, -0.2) is 0 Å². The fraction of sp³-hybridized carbons (Fsp3) is 0.765. The second-order valence-electron chi connectivity index (χ2n) is 35.4. The smallest absolute Gasteiger partial charge is 0.317 e. The van der Waals surface area contributed by atoms with Crippen LogP contribution in [0.1, 0.15) is 27.7 Å². The lowest BCUT2D eigenvalue weighted by Gasteiger charge is -2.36. The van der Waals surface area contributed by atoms with E-state index >= 15 is 0 Å². The van der Waals surface area contributed by atoms with Crippen LogP contribution in [-0.4, -0.2) is 671 Å². The summed E-state index contributed by atoms with van der Waals surface area (Å²) >= 11 is 0. The molecule has 56 heteroatoms. The lowest BCUT2D eigenvalue weighted by Crippen LogP contribution is -2.59. The summed E-state index contributed by atoms with van der Waals surface area (Å²) in [5, 5.41) is 129. The molecule has 0 aromatic rings. The molecule has 0 radical (unpaired) electrons. The average molecular weight is 2020 g/mol. The third kappa shape index (κ3) is 53.4. The maximum Gasteiger partial charge on any atom is 0.317 e. The topological polar surface area (TPSA) is 697 Å². The molecule has 0 spiro atoms. The Morgan fingerprint density at radius 3 is 0.355 bits per heavy atom. The predicted octanol–water partition coefficient (Wildman–Crippen LogP) is -12.3. The van der Waals surface area contributed by atoms with Gasteiger partial charge in [-0.3, -0.25) is 174 Å². The Morgan fingerprint density at radius 2 is 0.270 bits per heavy atom. The van der Waals surface area contributed by atoms with Crippen LogP contribution >= 0.6 is 0 Å². The normalized spacial score (nSPS) is 18.1. The van der Waals surface area contributed by atoms with Gasteiger partial charge in [0.1, 0.15) is 0 Å². The van der Waals surface area contributed by atoms with E-state index < -0.39 is 281 Å². The van der Waals surface area contributed by atoms with Gasteiger partial charge in [0.25, 0.3) is 0 Å². The fourth-order valence-corrected chi connectivity index (χ4v) is 16.2. The molecule has 4 saturated heterocycles. The first-order valence-electron chi connectivity index (χ1n) is 47.1. The average Bonchev–Trinajstić information content (AvgIpc) is 0.836. The first kappa shape index (κ1) is 122. The molecule has 4 heterocycles. The van der Waals surface area contributed by atoms with Gasteiger partial charge >= 0.3 is 71.6 Å². The van der Waals surface area contributed by atoms with Crippen molar-refractivity contribution in [3.05, 3.63) is 0 Å². The highest BCUT2D eigenvalue weighted by atomic mass is 16.4. The second kappa shape index (κ2) is 65.8. The van der Waals surface area contributed by atoms with Gasteiger partial charge < -0.3 is 102 Å². The number of carboxylic acids is 12. The van der Waals surface area contributed by atoms with E-state index in [4.69, 9.17) is 0 Å². The highest BCUT2D eigenvalue weighted by molar-refractivity contribution is 5.89. The molecule has 0 bridgehead atoms. The molecule has 16 N–H and O–H groups in total. The third-order valence-corrected chi connectivity index (χ3v) is 24.4. The van der Waals surface area contributed by atoms with E-state index in [1.54, 1.807) is 106 Å². The number of nitrogens with zero attached hydrogens (tertiary/aromatic N) is 20. The van der Waals surface area contributed by atoms with E-state index in [1.807, 2.05) is 0 Å². The summed E-state index contributed by atoms with van der Waals surface area (Å²) in [6, 6.07) is 0. The Hall–Kier alpha value is -11.2. The van der Waals surface area contributed by atoms with Crippen LogP contribution in [0.5, 0.6) is 0 Å². The lowest BCUT2D eigenvalue weighted by molar-refractivity contribution is -0.141. The van der Waals surface area contributed by atoms with Crippen LogP contribution < -0.4 is 21.3 Å². The standard InChI is InChI=1S/C85H148N24O32/c1-5-106(69(114)45-90-9-17-94(49-73(118)119)25-33-102(57-81(134)135)34-26-95(18-10-90)50-74(120)121)41-65(110)86-61-85(62-87-66(111)42-107(6-2)70(115)46-91-11-19-96(51-75(122)123)27-35-103(58-82(136)137)36-28-97(20-12-91)52-76(124)125,63-88-67(112)43-108(7-3)71(116)47-92-13-21-98(53-77(126)127)29-37-104(59-83(138)139)38-30-99(22-14-92)54-78(128)129)64-89-68(113)44-109(8-4)72(117)48-93-15-23-100(55-79(130)131)31-39-105(60-84(140)141)40-32-101(24-16-93)56-80(132)133/h5-64H2,1-4H3,(H,86,110)(H,87,111)(H,88,112)(H,89,113)(H,118,119)(H,120,121)(H,122,123)(H,124,125)(H,126,127)(H,128,129)(H,130,131)(H,132,133)(H,134,135)(H,136,137)(H,138,139)(H,140,141). The van der Waals surface area contributed by atoms with Crippen molar-refractivity contribution >= 4 is 119 Å². The summed E-state index contributed by atoms with van der Waals surface area (Å²) in [7, 11) is 0. The largest absolute Gasteiger partial charge is 0.480 e. The van der Waals surface area contributed by atoms with E-state index in [1.165, 1.54) is 0 Å². The van der Waals surface area contributed by atoms with Crippen LogP contribution in [0.4, 0.5) is 0 Å². The van der Waals surface area contributed by atoms with Gasteiger partial charge in [0.15, 0.2) is 0 Å². The summed E-state index contributed by atoms with van der Waals surface area (Å²) < 4.78 is 0. The van der Waals surface area contributed by atoms with Crippen LogP contribution in [0.15, 0.2) is 0 Å². The zero-order chi connectivity index (χ0) is 105. The molecular formula is C85H148N24O32. The first-order valence-corrected chi connectivity index (χ1v) is 47.1. The van der Waals surface area contributed by atoms with E-state index in [0.29, 0.717) is 0 Å². The van der Waals surface area contributed by atoms with E-state index in [9.17, 15) is 157 Å². The molecule has 0 saturated carbocycles. The molecule has 4 rings (SSSR count). The molecule has 4 aliphatic heterocycles. The minimum Gasteiger partial charge on any atom is -0.480 e. The van der Waals surface area contributed by atoms with Crippen molar-refractivity contribution in [1.29, 1.82) is 0 Å². The number of amides is 8. The number of carboxylic acid groups (broad SMARTS) is 12. The van der Waals surface area contributed by atoms with Crippen LogP contribution in [0.3, 0.4) is 0 Å². The number of carbonyl (C=O) groups excluding carboxylic acids is 8. The number of nitrogens with one attached hydrogen (secondary N) is 4. The molecule has 56 nitrogen and oxygen atoms in total. The summed E-state index contributed by atoms with van der Waals surface area (Å²) in [5.41, 5.74) is -1.87. The predicted molar refractivity (Wildman–Crippen MR) is 498 cm³/mol. The maximum atomic E-state index is 14.9. The van der Waals surface area contributed by atoms with Crippen molar-refractivity contribution in [2.75, 3.05) is 393 Å². The molecule has 0 aliphatic carbocycles. The Bertz CT molecular complexity index is 3460. The highest BCUT2D eigenvalue weighted by Crippen LogP contribution is 2.17. The number of hydrogen-bond donors (Lipinski definition) is 16. The molecule has 0 unspecified atom stereocenters. The molecule has 4 fully saturated rings. The van der Waals surface area contributed by atoms with Crippen molar-refractivity contribution < 1.29 is 157 Å². The van der Waals surface area contributed by atoms with E-state index in [2.05, 4.69) is 21.3 Å². The quantitative estimate of drug-likeness (QED) is 0.0269. The van der Waals surface area contributed by atoms with Crippen LogP contribution in [0.2, 0.25) is 0 Å². The van der Waals surface area contributed by atoms with Crippen molar-refractivity contribution in [1.82, 2.24) is 119 Å². The zero-order valence-corrected chi connectivity index (χ0v) is 81.4. The molecule has 0 aromatic carbocycles. The SMILES string of the molecule is CCN(CC(=O)NCC(CNC(=O)CN(CC)C(=O)CN1CCN(CC(=O)O)CCN(CC(=O)O)CCN(CC(=O)O)CC1)(CNC(=O)CN(CC)C(=O)CN1CCN(CC(=O)O)CCN(CC(=O)O)CCN(CC(=O)O)CC1)CNC(=O)CN(CC)C(=O)CN1CCN(CC(=O)O)CCN(CC(=O)O)CCN(CC(=O)O)CC1)C(=O)CN1CCN(CC(=O)O)CCN(CC(=O)O)CCN(CC(=O)O)CC1. The monoisotopic (exact) mass is 2020 g/mol. The molecular weight excluding hydrogens is 1870 g/mol. The van der Waals surface area contributed by atoms with Gasteiger partial charge in [0.05, 0.1) is 131 Å². The number of carbonyl (C=O) groups is 20. The highest BCUT2D eigenvalue weighted by Gasteiger charge is 2.37. The lowest BCUT2D eigenvalue weighted by atomic mass is 9.86. The van der Waals surface area contributed by atoms with Crippen molar-refractivity contribution in [2.45, 2.75) is 27.7 Å². The Morgan fingerprint density at radius 1 is 0.177 bits per heavy atom. The van der Waals surface area contributed by atoms with Crippen LogP contribution in [0, 0.1) is 5.41 Å². The molecule has 141 heavy (non-hydrogen) atoms. The first-order chi connectivity index (χ1) is 66.7. The third-order valence-electron chi connectivity index (χ3n) is 24.4. The van der Waals surface area contributed by atoms with Crippen LogP contribution in [0.25, 0.3) is 0 Å². The number of likely N-dealkylation sites (N-methyl/N-ethyl adjacent to an activating group) is 4. The summed E-state index contributed by atoms with van der Waals surface area (Å²) in [5.74, 6) is -20.5. The van der Waals surface area contributed by atoms with Crippen molar-refractivity contribution in [3.8, 4) is 0 Å². The van der Waals surface area contributed by atoms with Crippen LogP contribution in [-0.2, 0) is 95.9 Å².